The number of halogens is 3. The maximum Gasteiger partial charge on any atom is 0.417 e. The van der Waals surface area contributed by atoms with Crippen molar-refractivity contribution in [2.75, 3.05) is 26.7 Å². The van der Waals surface area contributed by atoms with Gasteiger partial charge in [0.25, 0.3) is 11.6 Å². The summed E-state index contributed by atoms with van der Waals surface area (Å²) in [7, 11) is 1.39. The molecule has 2 rings (SSSR count). The van der Waals surface area contributed by atoms with Gasteiger partial charge >= 0.3 is 12.1 Å². The van der Waals surface area contributed by atoms with E-state index in [0.717, 1.165) is 13.0 Å². The molecule has 1 saturated heterocycles. The summed E-state index contributed by atoms with van der Waals surface area (Å²) in [5.74, 6) is -1.67. The molecule has 1 amide bonds. The minimum atomic E-state index is -4.94. The van der Waals surface area contributed by atoms with Crippen molar-refractivity contribution in [1.82, 2.24) is 10.2 Å². The summed E-state index contributed by atoms with van der Waals surface area (Å²) in [6, 6.07) is 0.902. The highest BCUT2D eigenvalue weighted by molar-refractivity contribution is 8.01. The molecule has 1 aliphatic heterocycles. The van der Waals surface area contributed by atoms with E-state index in [2.05, 4.69) is 5.32 Å². The Balaban J connectivity index is 0.00000281. The molecular formula is C22H32F3N3O5S. The van der Waals surface area contributed by atoms with Gasteiger partial charge in [-0.3, -0.25) is 19.7 Å². The Morgan fingerprint density at radius 3 is 2.38 bits per heavy atom. The molecule has 0 radical (unpaired) electrons. The van der Waals surface area contributed by atoms with Gasteiger partial charge in [-0.15, -0.1) is 11.8 Å². The van der Waals surface area contributed by atoms with Crippen LogP contribution in [0.15, 0.2) is 17.0 Å². The summed E-state index contributed by atoms with van der Waals surface area (Å²) in [6.07, 6.45) is -3.57. The van der Waals surface area contributed by atoms with E-state index in [1.54, 1.807) is 6.92 Å². The zero-order valence-electron chi connectivity index (χ0n) is 20.2. The highest BCUT2D eigenvalue weighted by Crippen LogP contribution is 2.44. The smallest absolute Gasteiger partial charge is 0.417 e. The molecule has 1 atom stereocenters. The second kappa shape index (κ2) is 12.4. The van der Waals surface area contributed by atoms with Crippen molar-refractivity contribution in [2.24, 2.45) is 0 Å². The molecule has 0 bridgehead atoms. The van der Waals surface area contributed by atoms with E-state index in [1.165, 1.54) is 25.8 Å². The Morgan fingerprint density at radius 2 is 1.91 bits per heavy atom. The largest absolute Gasteiger partial charge is 0.465 e. The number of amides is 1. The van der Waals surface area contributed by atoms with Crippen LogP contribution in [-0.2, 0) is 15.7 Å². The fourth-order valence-electron chi connectivity index (χ4n) is 3.35. The average Bonchev–Trinajstić information content (AvgIpc) is 2.79. The molecule has 1 heterocycles. The summed E-state index contributed by atoms with van der Waals surface area (Å²) in [5, 5.41) is 14.8. The molecule has 1 aliphatic rings. The van der Waals surface area contributed by atoms with Crippen LogP contribution in [0, 0.1) is 10.1 Å². The number of nitrogens with zero attached hydrogens (tertiary/aromatic N) is 2. The van der Waals surface area contributed by atoms with E-state index in [4.69, 9.17) is 4.74 Å². The monoisotopic (exact) mass is 507 g/mol. The van der Waals surface area contributed by atoms with E-state index >= 15 is 0 Å². The molecule has 12 heteroatoms. The maximum atomic E-state index is 13.9. The van der Waals surface area contributed by atoms with Crippen LogP contribution in [0.1, 0.15) is 63.4 Å². The van der Waals surface area contributed by atoms with Gasteiger partial charge in [0.05, 0.1) is 27.6 Å². The number of hydrogen-bond acceptors (Lipinski definition) is 7. The topological polar surface area (TPSA) is 102 Å². The van der Waals surface area contributed by atoms with Gasteiger partial charge in [0.15, 0.2) is 0 Å². The van der Waals surface area contributed by atoms with Gasteiger partial charge in [-0.2, -0.15) is 13.2 Å². The highest BCUT2D eigenvalue weighted by atomic mass is 32.2. The number of nitro groups is 1. The molecule has 0 aliphatic carbocycles. The minimum Gasteiger partial charge on any atom is -0.465 e. The zero-order chi connectivity index (χ0) is 26.3. The molecule has 192 valence electrons. The average molecular weight is 508 g/mol. The molecule has 1 fully saturated rings. The third-order valence-corrected chi connectivity index (χ3v) is 6.33. The quantitative estimate of drug-likeness (QED) is 0.242. The van der Waals surface area contributed by atoms with Crippen LogP contribution in [-0.4, -0.2) is 59.2 Å². The van der Waals surface area contributed by atoms with Crippen LogP contribution in [0.5, 0.6) is 0 Å². The number of alkyl halides is 3. The van der Waals surface area contributed by atoms with E-state index < -0.39 is 44.5 Å². The molecule has 1 aromatic carbocycles. The van der Waals surface area contributed by atoms with Gasteiger partial charge in [0.1, 0.15) is 4.75 Å². The van der Waals surface area contributed by atoms with Gasteiger partial charge in [-0.05, 0) is 46.2 Å². The van der Waals surface area contributed by atoms with Crippen LogP contribution in [0.2, 0.25) is 0 Å². The molecule has 34 heavy (non-hydrogen) atoms. The SMILES string of the molecule is CC.CCOC(=O)C(C)(C)Sc1cc(C(F)(F)F)c(C(=O)N(C)[C@@H]2CCCNC2)cc1[N+](=O)[O-]. The summed E-state index contributed by atoms with van der Waals surface area (Å²) in [4.78, 5) is 36.8. The lowest BCUT2D eigenvalue weighted by Gasteiger charge is -2.32. The van der Waals surface area contributed by atoms with Gasteiger partial charge < -0.3 is 15.0 Å². The third-order valence-electron chi connectivity index (χ3n) is 5.10. The fourth-order valence-corrected chi connectivity index (χ4v) is 4.45. The predicted octanol–water partition coefficient (Wildman–Crippen LogP) is 4.90. The first-order valence-corrected chi connectivity index (χ1v) is 11.8. The number of thioether (sulfide) groups is 1. The lowest BCUT2D eigenvalue weighted by molar-refractivity contribution is -0.387. The third kappa shape index (κ3) is 7.33. The van der Waals surface area contributed by atoms with E-state index in [0.29, 0.717) is 36.9 Å². The molecule has 1 N–H and O–H groups in total. The molecular weight excluding hydrogens is 475 g/mol. The lowest BCUT2D eigenvalue weighted by atomic mass is 10.0. The number of carbonyl (C=O) groups is 2. The standard InChI is InChI=1S/C20H26F3N3O5S.C2H6/c1-5-31-18(28)19(2,3)32-16-10-14(20(21,22)23)13(9-15(16)26(29)30)17(27)25(4)12-7-6-8-24-11-12;1-2/h9-10,12,24H,5-8,11H2,1-4H3;1-2H3/t12-;/m1./s1. The first-order valence-electron chi connectivity index (χ1n) is 11.0. The second-order valence-electron chi connectivity index (χ2n) is 7.87. The summed E-state index contributed by atoms with van der Waals surface area (Å²) < 4.78 is 45.2. The van der Waals surface area contributed by atoms with Crippen LogP contribution < -0.4 is 5.32 Å². The van der Waals surface area contributed by atoms with Crippen molar-refractivity contribution in [3.8, 4) is 0 Å². The minimum absolute atomic E-state index is 0.0501. The summed E-state index contributed by atoms with van der Waals surface area (Å²) in [5.41, 5.74) is -2.76. The zero-order valence-corrected chi connectivity index (χ0v) is 21.1. The number of nitrogens with one attached hydrogen (secondary N) is 1. The second-order valence-corrected chi connectivity index (χ2v) is 9.53. The molecule has 8 nitrogen and oxygen atoms in total. The van der Waals surface area contributed by atoms with Crippen molar-refractivity contribution in [3.05, 3.63) is 33.4 Å². The van der Waals surface area contributed by atoms with Crippen molar-refractivity contribution >= 4 is 29.3 Å². The number of ether oxygens (including phenoxy) is 1. The van der Waals surface area contributed by atoms with E-state index in [9.17, 15) is 32.9 Å². The molecule has 1 aromatic rings. The van der Waals surface area contributed by atoms with Crippen molar-refractivity contribution in [2.45, 2.75) is 69.3 Å². The predicted molar refractivity (Wildman–Crippen MR) is 124 cm³/mol. The van der Waals surface area contributed by atoms with E-state index in [1.807, 2.05) is 13.8 Å². The summed E-state index contributed by atoms with van der Waals surface area (Å²) in [6.45, 7) is 9.59. The number of benzene rings is 1. The Labute approximate surface area is 201 Å². The number of hydrogen-bond donors (Lipinski definition) is 1. The first-order chi connectivity index (χ1) is 15.8. The summed E-state index contributed by atoms with van der Waals surface area (Å²) >= 11 is 0.585. The maximum absolute atomic E-state index is 13.9. The van der Waals surface area contributed by atoms with Gasteiger partial charge in [-0.1, -0.05) is 13.8 Å². The fraction of sp³-hybridized carbons (Fsp3) is 0.636. The number of nitro benzene ring substituents is 1. The molecule has 0 saturated carbocycles. The van der Waals surface area contributed by atoms with Gasteiger partial charge in [0.2, 0.25) is 0 Å². The Morgan fingerprint density at radius 1 is 1.29 bits per heavy atom. The van der Waals surface area contributed by atoms with Crippen molar-refractivity contribution in [1.29, 1.82) is 0 Å². The first kappa shape index (κ1) is 29.7. The number of esters is 1. The van der Waals surface area contributed by atoms with Crippen LogP contribution in [0.3, 0.4) is 0 Å². The van der Waals surface area contributed by atoms with Crippen LogP contribution in [0.25, 0.3) is 0 Å². The number of carbonyl (C=O) groups excluding carboxylic acids is 2. The Kier molecular flexibility index (Phi) is 10.8. The number of piperidine rings is 1. The highest BCUT2D eigenvalue weighted by Gasteiger charge is 2.41. The molecule has 0 spiro atoms. The van der Waals surface area contributed by atoms with E-state index in [-0.39, 0.29) is 17.5 Å². The van der Waals surface area contributed by atoms with Crippen LogP contribution >= 0.6 is 11.8 Å². The Bertz CT molecular complexity index is 887. The Hall–Kier alpha value is -2.34. The van der Waals surface area contributed by atoms with Crippen molar-refractivity contribution in [3.63, 3.8) is 0 Å². The lowest BCUT2D eigenvalue weighted by Crippen LogP contribution is -2.47. The number of likely N-dealkylation sites (N-methyl/N-ethyl adjacent to an activating group) is 1. The molecule has 0 unspecified atom stereocenters. The molecule has 0 aromatic heterocycles. The van der Waals surface area contributed by atoms with Crippen LogP contribution in [0.4, 0.5) is 18.9 Å². The van der Waals surface area contributed by atoms with Crippen molar-refractivity contribution < 1.29 is 32.4 Å². The number of rotatable bonds is 7. The van der Waals surface area contributed by atoms with Gasteiger partial charge in [0, 0.05) is 25.7 Å². The normalized spacial score (nSPS) is 16.2. The van der Waals surface area contributed by atoms with Gasteiger partial charge in [-0.25, -0.2) is 0 Å².